The normalized spacial score (nSPS) is 17.8. The summed E-state index contributed by atoms with van der Waals surface area (Å²) in [7, 11) is 0.303. The Morgan fingerprint density at radius 1 is 0.939 bits per heavy atom. The van der Waals surface area contributed by atoms with Gasteiger partial charge in [0.1, 0.15) is 16.4 Å². The lowest BCUT2D eigenvalue weighted by Gasteiger charge is -2.36. The van der Waals surface area contributed by atoms with Crippen molar-refractivity contribution in [1.82, 2.24) is 15.2 Å². The summed E-state index contributed by atoms with van der Waals surface area (Å²) >= 11 is 0. The van der Waals surface area contributed by atoms with Gasteiger partial charge in [-0.25, -0.2) is 17.7 Å². The van der Waals surface area contributed by atoms with Crippen LogP contribution < -0.4 is 28.7 Å². The largest absolute Gasteiger partial charge is 0.497 e. The molecule has 0 aliphatic carbocycles. The molecule has 1 unspecified atom stereocenters. The Morgan fingerprint density at radius 2 is 1.71 bits per heavy atom. The molecule has 1 aromatic heterocycles. The highest BCUT2D eigenvalue weighted by Crippen LogP contribution is 2.50. The van der Waals surface area contributed by atoms with E-state index in [-0.39, 0.29) is 46.5 Å². The molecular formula is C36H38N6O6S. The predicted octanol–water partition coefficient (Wildman–Crippen LogP) is 3.89. The SMILES string of the molecule is CCOc1ncccc1C1(NCc2ccccc2N2CCN(C)CC2)C(=O)N(S(=O)(=O)c2ccc(OC)cc2OC)c2ccc(C#N)cc21. The fourth-order valence-corrected chi connectivity index (χ4v) is 8.09. The molecule has 2 aliphatic heterocycles. The van der Waals surface area contributed by atoms with Gasteiger partial charge in [0.25, 0.3) is 15.9 Å². The van der Waals surface area contributed by atoms with Gasteiger partial charge < -0.3 is 24.0 Å². The van der Waals surface area contributed by atoms with Crippen molar-refractivity contribution in [3.05, 3.63) is 101 Å². The van der Waals surface area contributed by atoms with E-state index in [9.17, 15) is 13.7 Å². The summed E-state index contributed by atoms with van der Waals surface area (Å²) < 4.78 is 46.8. The predicted molar refractivity (Wildman–Crippen MR) is 185 cm³/mol. The lowest BCUT2D eigenvalue weighted by molar-refractivity contribution is -0.121. The van der Waals surface area contributed by atoms with E-state index in [2.05, 4.69) is 39.3 Å². The number of amides is 1. The maximum atomic E-state index is 15.3. The van der Waals surface area contributed by atoms with Crippen LogP contribution in [0.15, 0.2) is 83.9 Å². The van der Waals surface area contributed by atoms with Crippen molar-refractivity contribution in [3.63, 3.8) is 0 Å². The number of hydrogen-bond acceptors (Lipinski definition) is 11. The number of hydrogen-bond donors (Lipinski definition) is 1. The molecule has 1 N–H and O–H groups in total. The molecule has 3 heterocycles. The standard InChI is InChI=1S/C36H38N6O6S/c1-5-48-34-28(10-8-16-38-34)36(39-24-26-9-6-7-11-30(26)41-19-17-40(2)18-20-41)29-21-25(23-37)12-14-31(29)42(35(36)43)49(44,45)33-15-13-27(46-3)22-32(33)47-4/h6-16,21-22,39H,5,17-20,24H2,1-4H3. The number of nitrogens with one attached hydrogen (secondary N) is 1. The molecule has 0 spiro atoms. The molecule has 1 atom stereocenters. The van der Waals surface area contributed by atoms with Crippen LogP contribution in [-0.2, 0) is 26.9 Å². The Balaban J connectivity index is 1.55. The summed E-state index contributed by atoms with van der Waals surface area (Å²) in [6.07, 6.45) is 1.55. The lowest BCUT2D eigenvalue weighted by Crippen LogP contribution is -2.53. The van der Waals surface area contributed by atoms with E-state index in [0.29, 0.717) is 11.3 Å². The molecule has 0 saturated carbocycles. The van der Waals surface area contributed by atoms with Gasteiger partial charge in [-0.05, 0) is 68.1 Å². The van der Waals surface area contributed by atoms with Gasteiger partial charge in [-0.15, -0.1) is 0 Å². The van der Waals surface area contributed by atoms with Crippen molar-refractivity contribution in [1.29, 1.82) is 5.26 Å². The Bertz CT molecular complexity index is 2020. The van der Waals surface area contributed by atoms with Crippen LogP contribution in [0.4, 0.5) is 11.4 Å². The third kappa shape index (κ3) is 5.92. The minimum absolute atomic E-state index is 0.00490. The minimum Gasteiger partial charge on any atom is -0.497 e. The van der Waals surface area contributed by atoms with Crippen LogP contribution in [-0.4, -0.2) is 78.3 Å². The maximum Gasteiger partial charge on any atom is 0.274 e. The van der Waals surface area contributed by atoms with E-state index in [4.69, 9.17) is 14.2 Å². The topological polar surface area (TPSA) is 137 Å². The van der Waals surface area contributed by atoms with Crippen molar-refractivity contribution in [3.8, 4) is 23.4 Å². The van der Waals surface area contributed by atoms with Gasteiger partial charge in [0.2, 0.25) is 5.88 Å². The number of aromatic nitrogens is 1. The van der Waals surface area contributed by atoms with E-state index >= 15 is 4.79 Å². The summed E-state index contributed by atoms with van der Waals surface area (Å²) in [5.41, 5.74) is 1.03. The van der Waals surface area contributed by atoms with Crippen molar-refractivity contribution >= 4 is 27.3 Å². The van der Waals surface area contributed by atoms with Gasteiger partial charge in [-0.3, -0.25) is 10.1 Å². The molecule has 254 valence electrons. The Hall–Kier alpha value is -5.16. The third-order valence-corrected chi connectivity index (χ3v) is 10.7. The molecule has 1 amide bonds. The molecule has 1 fully saturated rings. The van der Waals surface area contributed by atoms with Crippen LogP contribution >= 0.6 is 0 Å². The number of ether oxygens (including phenoxy) is 3. The number of fused-ring (bicyclic) bond motifs is 1. The molecule has 2 aliphatic rings. The average molecular weight is 683 g/mol. The molecule has 4 aromatic rings. The van der Waals surface area contributed by atoms with Gasteiger partial charge in [0, 0.05) is 61.8 Å². The molecule has 49 heavy (non-hydrogen) atoms. The van der Waals surface area contributed by atoms with Crippen molar-refractivity contribution < 1.29 is 27.4 Å². The fourth-order valence-electron chi connectivity index (χ4n) is 6.48. The number of rotatable bonds is 11. The smallest absolute Gasteiger partial charge is 0.274 e. The van der Waals surface area contributed by atoms with Crippen LogP contribution in [0.1, 0.15) is 29.2 Å². The van der Waals surface area contributed by atoms with Crippen LogP contribution in [0.2, 0.25) is 0 Å². The first-order chi connectivity index (χ1) is 23.7. The fraction of sp³-hybridized carbons (Fsp3) is 0.306. The quantitative estimate of drug-likeness (QED) is 0.247. The zero-order valence-corrected chi connectivity index (χ0v) is 28.7. The van der Waals surface area contributed by atoms with Gasteiger partial charge in [0.05, 0.1) is 38.1 Å². The number of likely N-dealkylation sites (N-methyl/N-ethyl adjacent to an activating group) is 1. The van der Waals surface area contributed by atoms with E-state index in [1.807, 2.05) is 18.2 Å². The molecule has 13 heteroatoms. The van der Waals surface area contributed by atoms with E-state index in [1.165, 1.54) is 44.6 Å². The summed E-state index contributed by atoms with van der Waals surface area (Å²) in [6.45, 7) is 5.70. The summed E-state index contributed by atoms with van der Waals surface area (Å²) in [5.74, 6) is -0.256. The monoisotopic (exact) mass is 682 g/mol. The maximum absolute atomic E-state index is 15.3. The van der Waals surface area contributed by atoms with Gasteiger partial charge in [0.15, 0.2) is 5.54 Å². The Kier molecular flexibility index (Phi) is 9.47. The highest BCUT2D eigenvalue weighted by molar-refractivity contribution is 7.93. The molecule has 6 rings (SSSR count). The van der Waals surface area contributed by atoms with Crippen molar-refractivity contribution in [2.45, 2.75) is 23.9 Å². The van der Waals surface area contributed by atoms with Crippen LogP contribution in [0.25, 0.3) is 0 Å². The zero-order chi connectivity index (χ0) is 34.8. The van der Waals surface area contributed by atoms with Crippen molar-refractivity contribution in [2.24, 2.45) is 0 Å². The number of nitriles is 1. The number of carbonyl (C=O) groups excluding carboxylic acids is 1. The highest BCUT2D eigenvalue weighted by atomic mass is 32.2. The average Bonchev–Trinajstić information content (AvgIpc) is 3.38. The van der Waals surface area contributed by atoms with E-state index < -0.39 is 21.5 Å². The summed E-state index contributed by atoms with van der Waals surface area (Å²) in [6, 6.07) is 22.3. The number of nitrogens with zero attached hydrogens (tertiary/aromatic N) is 5. The number of carbonyl (C=O) groups is 1. The second kappa shape index (κ2) is 13.8. The molecule has 12 nitrogen and oxygen atoms in total. The minimum atomic E-state index is -4.60. The van der Waals surface area contributed by atoms with Crippen LogP contribution in [0, 0.1) is 11.3 Å². The first-order valence-corrected chi connectivity index (χ1v) is 17.3. The second-order valence-corrected chi connectivity index (χ2v) is 13.5. The molecule has 0 radical (unpaired) electrons. The second-order valence-electron chi connectivity index (χ2n) is 11.7. The molecule has 3 aromatic carbocycles. The number of piperazine rings is 1. The highest BCUT2D eigenvalue weighted by Gasteiger charge is 2.58. The van der Waals surface area contributed by atoms with Gasteiger partial charge in [-0.1, -0.05) is 18.2 Å². The number of benzene rings is 3. The van der Waals surface area contributed by atoms with Gasteiger partial charge >= 0.3 is 0 Å². The van der Waals surface area contributed by atoms with E-state index in [1.54, 1.807) is 31.3 Å². The van der Waals surface area contributed by atoms with E-state index in [0.717, 1.165) is 41.7 Å². The molecule has 1 saturated heterocycles. The Morgan fingerprint density at radius 3 is 2.43 bits per heavy atom. The number of para-hydroxylation sites is 1. The van der Waals surface area contributed by atoms with Gasteiger partial charge in [-0.2, -0.15) is 5.26 Å². The number of anilines is 2. The van der Waals surface area contributed by atoms with Crippen LogP contribution in [0.3, 0.4) is 0 Å². The number of pyridine rings is 1. The molecule has 0 bridgehead atoms. The van der Waals surface area contributed by atoms with Crippen molar-refractivity contribution in [2.75, 3.05) is 63.3 Å². The number of sulfonamides is 1. The Labute approximate surface area is 286 Å². The lowest BCUT2D eigenvalue weighted by atomic mass is 9.83. The first kappa shape index (κ1) is 33.7. The molecular weight excluding hydrogens is 644 g/mol. The first-order valence-electron chi connectivity index (χ1n) is 15.9. The number of methoxy groups -OCH3 is 2. The summed E-state index contributed by atoms with van der Waals surface area (Å²) in [5, 5.41) is 13.5. The zero-order valence-electron chi connectivity index (χ0n) is 27.8. The summed E-state index contributed by atoms with van der Waals surface area (Å²) in [4.78, 5) is 24.1. The third-order valence-electron chi connectivity index (χ3n) is 8.98. The van der Waals surface area contributed by atoms with Crippen LogP contribution in [0.5, 0.6) is 17.4 Å².